The van der Waals surface area contributed by atoms with E-state index >= 15 is 0 Å². The van der Waals surface area contributed by atoms with Gasteiger partial charge in [-0.2, -0.15) is 0 Å². The minimum Gasteiger partial charge on any atom is -0.421 e. The van der Waals surface area contributed by atoms with Gasteiger partial charge < -0.3 is 25.1 Å². The molecule has 0 bridgehead atoms. The third-order valence-corrected chi connectivity index (χ3v) is 0.756. The van der Waals surface area contributed by atoms with E-state index in [9.17, 15) is 4.79 Å². The highest BCUT2D eigenvalue weighted by atomic mass is 16.4. The van der Waals surface area contributed by atoms with E-state index in [1.54, 1.807) is 0 Å². The van der Waals surface area contributed by atoms with E-state index in [0.717, 1.165) is 0 Å². The molecule has 0 saturated heterocycles. The number of aliphatic hydroxyl groups is 2. The maximum atomic E-state index is 10.2. The topological polar surface area (TPSA) is 98.0 Å². The molecule has 1 atom stereocenters. The highest BCUT2D eigenvalue weighted by Gasteiger charge is 2.26. The number of carbonyl (C=O) groups is 1. The first kappa shape index (κ1) is 8.57. The quantitative estimate of drug-likeness (QED) is 0.307. The summed E-state index contributed by atoms with van der Waals surface area (Å²) in [5, 5.41) is 32.6. The summed E-state index contributed by atoms with van der Waals surface area (Å²) in [4.78, 5) is 10.2. The van der Waals surface area contributed by atoms with Gasteiger partial charge >= 0.3 is 7.12 Å². The predicted octanol–water partition coefficient (Wildman–Crippen LogP) is -3.08. The zero-order chi connectivity index (χ0) is 7.44. The Hall–Kier alpha value is -0.425. The van der Waals surface area contributed by atoms with Gasteiger partial charge in [-0.3, -0.25) is 0 Å². The lowest BCUT2D eigenvalue weighted by Crippen LogP contribution is -2.37. The predicted molar refractivity (Wildman–Crippen MR) is 28.3 cm³/mol. The third-order valence-electron chi connectivity index (χ3n) is 0.756. The molecule has 0 spiro atoms. The molecular formula is C3H7BO5. The third kappa shape index (κ3) is 2.57. The van der Waals surface area contributed by atoms with Crippen molar-refractivity contribution < 1.29 is 25.1 Å². The van der Waals surface area contributed by atoms with Gasteiger partial charge in [-0.1, -0.05) is 0 Å². The van der Waals surface area contributed by atoms with Crippen LogP contribution in [0.4, 0.5) is 0 Å². The normalized spacial score (nSPS) is 12.9. The molecule has 0 radical (unpaired) electrons. The molecule has 0 fully saturated rings. The van der Waals surface area contributed by atoms with E-state index in [1.165, 1.54) is 0 Å². The van der Waals surface area contributed by atoms with Crippen LogP contribution in [0.15, 0.2) is 0 Å². The minimum atomic E-state index is -2.20. The average molecular weight is 134 g/mol. The molecule has 52 valence electrons. The Morgan fingerprint density at radius 2 is 2.00 bits per heavy atom. The standard InChI is InChI=1S/C3H7BO5/c5-1-2(6)3(7)4(8)9/h2,5-6,8-9H,1H2. The number of hydrogen-bond donors (Lipinski definition) is 4. The lowest BCUT2D eigenvalue weighted by Gasteiger charge is -2.02. The number of rotatable bonds is 3. The van der Waals surface area contributed by atoms with E-state index < -0.39 is 25.5 Å². The Bertz CT molecular complexity index is 102. The summed E-state index contributed by atoms with van der Waals surface area (Å²) < 4.78 is 0. The molecular weight excluding hydrogens is 127 g/mol. The van der Waals surface area contributed by atoms with E-state index in [0.29, 0.717) is 0 Å². The number of carbonyl (C=O) groups excluding carboxylic acids is 1. The van der Waals surface area contributed by atoms with E-state index in [1.807, 2.05) is 0 Å². The van der Waals surface area contributed by atoms with Crippen molar-refractivity contribution in [3.8, 4) is 0 Å². The molecule has 0 aromatic heterocycles. The molecule has 0 aliphatic heterocycles. The summed E-state index contributed by atoms with van der Waals surface area (Å²) in [6.07, 6.45) is -1.69. The lowest BCUT2D eigenvalue weighted by atomic mass is 9.81. The SMILES string of the molecule is O=C(B(O)O)C(O)CO. The maximum absolute atomic E-state index is 10.2. The highest BCUT2D eigenvalue weighted by molar-refractivity contribution is 6.79. The van der Waals surface area contributed by atoms with Crippen molar-refractivity contribution in [2.24, 2.45) is 0 Å². The summed E-state index contributed by atoms with van der Waals surface area (Å²) in [6.45, 7) is -0.795. The van der Waals surface area contributed by atoms with Crippen LogP contribution in [-0.4, -0.2) is 45.8 Å². The fourth-order valence-electron chi connectivity index (χ4n) is 0.262. The van der Waals surface area contributed by atoms with Gasteiger partial charge in [-0.15, -0.1) is 0 Å². The summed E-state index contributed by atoms with van der Waals surface area (Å²) >= 11 is 0. The largest absolute Gasteiger partial charge is 0.529 e. The molecule has 1 unspecified atom stereocenters. The van der Waals surface area contributed by atoms with Crippen molar-refractivity contribution in [1.82, 2.24) is 0 Å². The molecule has 0 rings (SSSR count). The molecule has 0 aliphatic carbocycles. The Balaban J connectivity index is 3.73. The van der Waals surface area contributed by atoms with Gasteiger partial charge in [0.2, 0.25) is 0 Å². The van der Waals surface area contributed by atoms with Crippen LogP contribution in [0.1, 0.15) is 0 Å². The van der Waals surface area contributed by atoms with Crippen LogP contribution >= 0.6 is 0 Å². The van der Waals surface area contributed by atoms with E-state index in [2.05, 4.69) is 0 Å². The molecule has 9 heavy (non-hydrogen) atoms. The van der Waals surface area contributed by atoms with Crippen LogP contribution < -0.4 is 0 Å². The summed E-state index contributed by atoms with van der Waals surface area (Å²) in [6, 6.07) is 0. The summed E-state index contributed by atoms with van der Waals surface area (Å²) in [5.74, 6) is 0. The zero-order valence-electron chi connectivity index (χ0n) is 4.56. The van der Waals surface area contributed by atoms with Gasteiger partial charge in [0.15, 0.2) is 5.68 Å². The fourth-order valence-corrected chi connectivity index (χ4v) is 0.262. The zero-order valence-corrected chi connectivity index (χ0v) is 4.56. The first-order valence-electron chi connectivity index (χ1n) is 2.28. The van der Waals surface area contributed by atoms with Crippen molar-refractivity contribution in [1.29, 1.82) is 0 Å². The van der Waals surface area contributed by atoms with Gasteiger partial charge in [-0.05, 0) is 0 Å². The molecule has 0 aromatic carbocycles. The van der Waals surface area contributed by atoms with Gasteiger partial charge in [0.05, 0.1) is 6.61 Å². The number of aliphatic hydroxyl groups excluding tert-OH is 2. The van der Waals surface area contributed by atoms with E-state index in [-0.39, 0.29) is 0 Å². The molecule has 0 amide bonds. The van der Waals surface area contributed by atoms with Gasteiger partial charge in [0, 0.05) is 0 Å². The van der Waals surface area contributed by atoms with Crippen molar-refractivity contribution in [3.05, 3.63) is 0 Å². The molecule has 0 aromatic rings. The second kappa shape index (κ2) is 3.57. The van der Waals surface area contributed by atoms with Gasteiger partial charge in [0.25, 0.3) is 0 Å². The number of hydrogen-bond acceptors (Lipinski definition) is 5. The summed E-state index contributed by atoms with van der Waals surface area (Å²) in [5.41, 5.74) is -1.20. The van der Waals surface area contributed by atoms with Crippen molar-refractivity contribution >= 4 is 12.8 Å². The monoisotopic (exact) mass is 134 g/mol. The van der Waals surface area contributed by atoms with Gasteiger partial charge in [-0.25, -0.2) is 0 Å². The smallest absolute Gasteiger partial charge is 0.421 e. The summed E-state index contributed by atoms with van der Waals surface area (Å²) in [7, 11) is -2.20. The van der Waals surface area contributed by atoms with Crippen molar-refractivity contribution in [3.63, 3.8) is 0 Å². The van der Waals surface area contributed by atoms with Crippen LogP contribution in [0.3, 0.4) is 0 Å². The molecule has 4 N–H and O–H groups in total. The van der Waals surface area contributed by atoms with Crippen molar-refractivity contribution in [2.75, 3.05) is 6.61 Å². The second-order valence-electron chi connectivity index (χ2n) is 1.47. The first-order chi connectivity index (χ1) is 4.09. The van der Waals surface area contributed by atoms with E-state index in [4.69, 9.17) is 20.3 Å². The fraction of sp³-hybridized carbons (Fsp3) is 0.667. The second-order valence-corrected chi connectivity index (χ2v) is 1.47. The van der Waals surface area contributed by atoms with Crippen LogP contribution in [0.25, 0.3) is 0 Å². The molecule has 0 aliphatic rings. The van der Waals surface area contributed by atoms with Crippen molar-refractivity contribution in [2.45, 2.75) is 6.10 Å². The van der Waals surface area contributed by atoms with Crippen LogP contribution in [-0.2, 0) is 4.79 Å². The molecule has 0 saturated carbocycles. The Morgan fingerprint density at radius 1 is 1.56 bits per heavy atom. The van der Waals surface area contributed by atoms with Crippen LogP contribution in [0.5, 0.6) is 0 Å². The average Bonchev–Trinajstić information content (AvgIpc) is 1.84. The Morgan fingerprint density at radius 3 is 2.11 bits per heavy atom. The highest BCUT2D eigenvalue weighted by Crippen LogP contribution is 1.84. The lowest BCUT2D eigenvalue weighted by molar-refractivity contribution is -0.123. The Kier molecular flexibility index (Phi) is 3.40. The molecule has 0 heterocycles. The van der Waals surface area contributed by atoms with Crippen LogP contribution in [0.2, 0.25) is 0 Å². The molecule has 6 heteroatoms. The van der Waals surface area contributed by atoms with Crippen LogP contribution in [0, 0.1) is 0 Å². The first-order valence-corrected chi connectivity index (χ1v) is 2.28. The molecule has 5 nitrogen and oxygen atoms in total. The van der Waals surface area contributed by atoms with Gasteiger partial charge in [0.1, 0.15) is 6.10 Å². The minimum absolute atomic E-state index is 0.795. The Labute approximate surface area is 51.7 Å². The maximum Gasteiger partial charge on any atom is 0.529 e.